The molecule has 0 saturated carbocycles. The number of carbonyl (C=O) groups excluding carboxylic acids is 2. The van der Waals surface area contributed by atoms with Crippen LogP contribution in [0.3, 0.4) is 0 Å². The molecule has 0 radical (unpaired) electrons. The molecule has 0 atom stereocenters. The second-order valence-electron chi connectivity index (χ2n) is 8.89. The molecule has 7 nitrogen and oxygen atoms in total. The van der Waals surface area contributed by atoms with Gasteiger partial charge in [-0.3, -0.25) is 14.9 Å². The molecule has 0 bridgehead atoms. The molecular formula is C29H24Cl2N4O3S. The lowest BCUT2D eigenvalue weighted by atomic mass is 10.1. The number of hydrogen-bond acceptors (Lipinski definition) is 5. The van der Waals surface area contributed by atoms with Gasteiger partial charge in [-0.1, -0.05) is 41.4 Å². The van der Waals surface area contributed by atoms with E-state index in [0.29, 0.717) is 40.0 Å². The van der Waals surface area contributed by atoms with E-state index in [1.54, 1.807) is 30.3 Å². The molecule has 198 valence electrons. The summed E-state index contributed by atoms with van der Waals surface area (Å²) in [5, 5.41) is 6.63. The summed E-state index contributed by atoms with van der Waals surface area (Å²) >= 11 is 17.4. The maximum Gasteiger partial charge on any atom is 0.293 e. The normalized spacial score (nSPS) is 13.2. The zero-order valence-electron chi connectivity index (χ0n) is 20.7. The summed E-state index contributed by atoms with van der Waals surface area (Å²) in [6.07, 6.45) is 0. The maximum atomic E-state index is 12.7. The number of furan rings is 1. The first-order valence-electron chi connectivity index (χ1n) is 12.2. The minimum absolute atomic E-state index is 0.0607. The number of carbonyl (C=O) groups is 2. The molecule has 1 aliphatic heterocycles. The van der Waals surface area contributed by atoms with Crippen LogP contribution in [-0.2, 0) is 0 Å². The van der Waals surface area contributed by atoms with E-state index >= 15 is 0 Å². The van der Waals surface area contributed by atoms with Gasteiger partial charge in [0.1, 0.15) is 5.76 Å². The smallest absolute Gasteiger partial charge is 0.293 e. The van der Waals surface area contributed by atoms with Gasteiger partial charge in [-0.2, -0.15) is 0 Å². The summed E-state index contributed by atoms with van der Waals surface area (Å²) < 4.78 is 5.68. The van der Waals surface area contributed by atoms with Crippen LogP contribution in [0.1, 0.15) is 20.9 Å². The van der Waals surface area contributed by atoms with Crippen molar-refractivity contribution in [1.82, 2.24) is 10.2 Å². The van der Waals surface area contributed by atoms with Crippen molar-refractivity contribution in [2.75, 3.05) is 36.4 Å². The van der Waals surface area contributed by atoms with E-state index in [0.717, 1.165) is 24.5 Å². The number of nitrogens with one attached hydrogen (secondary N) is 2. The van der Waals surface area contributed by atoms with Gasteiger partial charge in [-0.15, -0.1) is 0 Å². The van der Waals surface area contributed by atoms with Crippen molar-refractivity contribution >= 4 is 63.7 Å². The highest BCUT2D eigenvalue weighted by molar-refractivity contribution is 7.80. The van der Waals surface area contributed by atoms with Crippen molar-refractivity contribution in [1.29, 1.82) is 0 Å². The SMILES string of the molecule is O=C(NC(=S)Nc1ccc(N2CCN(C(=O)c3ccccc3)CC2)cc1)c1ccc(-c2ccc(Cl)c(Cl)c2)o1. The first kappa shape index (κ1) is 26.7. The Labute approximate surface area is 241 Å². The molecule has 39 heavy (non-hydrogen) atoms. The third kappa shape index (κ3) is 6.42. The number of rotatable bonds is 5. The van der Waals surface area contributed by atoms with Gasteiger partial charge in [0.05, 0.1) is 10.0 Å². The molecule has 2 heterocycles. The third-order valence-corrected chi connectivity index (χ3v) is 7.28. The zero-order valence-corrected chi connectivity index (χ0v) is 23.0. The molecule has 0 spiro atoms. The van der Waals surface area contributed by atoms with Crippen LogP contribution < -0.4 is 15.5 Å². The van der Waals surface area contributed by atoms with Gasteiger partial charge in [0.2, 0.25) is 0 Å². The average Bonchev–Trinajstić information content (AvgIpc) is 3.46. The van der Waals surface area contributed by atoms with Gasteiger partial charge in [0.25, 0.3) is 11.8 Å². The second-order valence-corrected chi connectivity index (χ2v) is 10.1. The Bertz CT molecular complexity index is 1500. The number of benzene rings is 3. The number of hydrogen-bond donors (Lipinski definition) is 2. The van der Waals surface area contributed by atoms with Crippen LogP contribution in [0.4, 0.5) is 11.4 Å². The summed E-state index contributed by atoms with van der Waals surface area (Å²) in [5.74, 6) is 0.183. The Morgan fingerprint density at radius 1 is 0.821 bits per heavy atom. The first-order chi connectivity index (χ1) is 18.9. The van der Waals surface area contributed by atoms with Crippen molar-refractivity contribution < 1.29 is 14.0 Å². The van der Waals surface area contributed by atoms with Crippen molar-refractivity contribution in [3.8, 4) is 11.3 Å². The fourth-order valence-corrected chi connectivity index (χ4v) is 4.79. The van der Waals surface area contributed by atoms with Gasteiger partial charge >= 0.3 is 0 Å². The lowest BCUT2D eigenvalue weighted by molar-refractivity contribution is 0.0746. The Kier molecular flexibility index (Phi) is 8.16. The number of nitrogens with zero attached hydrogens (tertiary/aromatic N) is 2. The minimum atomic E-state index is -0.474. The van der Waals surface area contributed by atoms with Crippen LogP contribution in [0.2, 0.25) is 10.0 Å². The van der Waals surface area contributed by atoms with Gasteiger partial charge in [0.15, 0.2) is 10.9 Å². The topological polar surface area (TPSA) is 77.8 Å². The number of piperazine rings is 1. The van der Waals surface area contributed by atoms with E-state index in [1.165, 1.54) is 0 Å². The zero-order chi connectivity index (χ0) is 27.4. The number of anilines is 2. The van der Waals surface area contributed by atoms with E-state index in [-0.39, 0.29) is 16.8 Å². The molecule has 1 aromatic heterocycles. The number of thiocarbonyl (C=S) groups is 1. The monoisotopic (exact) mass is 578 g/mol. The van der Waals surface area contributed by atoms with Crippen LogP contribution in [0, 0.1) is 0 Å². The van der Waals surface area contributed by atoms with Crippen LogP contribution in [0.5, 0.6) is 0 Å². The molecular weight excluding hydrogens is 555 g/mol. The van der Waals surface area contributed by atoms with Crippen LogP contribution in [0.15, 0.2) is 89.3 Å². The van der Waals surface area contributed by atoms with Gasteiger partial charge in [-0.05, 0) is 78.9 Å². The quantitative estimate of drug-likeness (QED) is 0.269. The molecule has 1 saturated heterocycles. The average molecular weight is 580 g/mol. The van der Waals surface area contributed by atoms with E-state index in [4.69, 9.17) is 39.8 Å². The lowest BCUT2D eigenvalue weighted by Crippen LogP contribution is -2.48. The van der Waals surface area contributed by atoms with E-state index in [1.807, 2.05) is 59.5 Å². The van der Waals surface area contributed by atoms with E-state index in [9.17, 15) is 9.59 Å². The minimum Gasteiger partial charge on any atom is -0.451 e. The highest BCUT2D eigenvalue weighted by atomic mass is 35.5. The van der Waals surface area contributed by atoms with Crippen molar-refractivity contribution in [3.63, 3.8) is 0 Å². The van der Waals surface area contributed by atoms with E-state index in [2.05, 4.69) is 15.5 Å². The predicted molar refractivity (Wildman–Crippen MR) is 159 cm³/mol. The molecule has 1 fully saturated rings. The predicted octanol–water partition coefficient (Wildman–Crippen LogP) is 6.34. The summed E-state index contributed by atoms with van der Waals surface area (Å²) in [6, 6.07) is 25.4. The Morgan fingerprint density at radius 2 is 1.54 bits per heavy atom. The molecule has 2 amide bonds. The van der Waals surface area contributed by atoms with Gasteiger partial charge in [-0.25, -0.2) is 0 Å². The Hall–Kier alpha value is -3.85. The maximum absolute atomic E-state index is 12.7. The Balaban J connectivity index is 1.12. The summed E-state index contributed by atoms with van der Waals surface area (Å²) in [7, 11) is 0. The molecule has 3 aromatic carbocycles. The van der Waals surface area contributed by atoms with Crippen LogP contribution >= 0.6 is 35.4 Å². The summed E-state index contributed by atoms with van der Waals surface area (Å²) in [5.41, 5.74) is 3.20. The first-order valence-corrected chi connectivity index (χ1v) is 13.4. The van der Waals surface area contributed by atoms with Crippen molar-refractivity contribution in [2.45, 2.75) is 0 Å². The summed E-state index contributed by atoms with van der Waals surface area (Å²) in [6.45, 7) is 2.80. The highest BCUT2D eigenvalue weighted by Crippen LogP contribution is 2.29. The standard InChI is InChI=1S/C29H24Cl2N4O3S/c30-23-11-6-20(18-24(23)31)25-12-13-26(38-25)27(36)33-29(39)32-21-7-9-22(10-8-21)34-14-16-35(17-15-34)28(37)19-4-2-1-3-5-19/h1-13,18H,14-17H2,(H2,32,33,36,39). The number of halogens is 2. The van der Waals surface area contributed by atoms with Crippen molar-refractivity contribution in [2.24, 2.45) is 0 Å². The third-order valence-electron chi connectivity index (χ3n) is 6.34. The number of amides is 2. The summed E-state index contributed by atoms with van der Waals surface area (Å²) in [4.78, 5) is 29.4. The molecule has 0 aliphatic carbocycles. The highest BCUT2D eigenvalue weighted by Gasteiger charge is 2.22. The second kappa shape index (κ2) is 11.9. The van der Waals surface area contributed by atoms with Crippen molar-refractivity contribution in [3.05, 3.63) is 106 Å². The fraction of sp³-hybridized carbons (Fsp3) is 0.138. The van der Waals surface area contributed by atoms with E-state index < -0.39 is 5.91 Å². The van der Waals surface area contributed by atoms with Gasteiger partial charge < -0.3 is 19.5 Å². The molecule has 0 unspecified atom stereocenters. The molecule has 2 N–H and O–H groups in total. The van der Waals surface area contributed by atoms with Crippen LogP contribution in [-0.4, -0.2) is 48.0 Å². The molecule has 1 aliphatic rings. The molecule has 10 heteroatoms. The fourth-order valence-electron chi connectivity index (χ4n) is 4.28. The largest absolute Gasteiger partial charge is 0.451 e. The lowest BCUT2D eigenvalue weighted by Gasteiger charge is -2.36. The Morgan fingerprint density at radius 3 is 2.23 bits per heavy atom. The molecule has 4 aromatic rings. The van der Waals surface area contributed by atoms with Gasteiger partial charge in [0, 0.05) is 48.7 Å². The van der Waals surface area contributed by atoms with Crippen LogP contribution in [0.25, 0.3) is 11.3 Å². The molecule has 5 rings (SSSR count).